The molecule has 2 aromatic rings. The Bertz CT molecular complexity index is 715. The standard InChI is InChI=1S/C17H21N3O4/c1-11-6-17(24-19-11)18-16(22)10-20-9-13(21)8-15(20)12-4-3-5-14(7-12)23-2/h3-7,13,15,21H,8-10H2,1-2H3,(H,18,22)/t13-,15-/m1/s1. The van der Waals surface area contributed by atoms with Crippen molar-refractivity contribution in [2.45, 2.75) is 25.5 Å². The van der Waals surface area contributed by atoms with E-state index in [1.54, 1.807) is 20.1 Å². The minimum Gasteiger partial charge on any atom is -0.497 e. The molecule has 1 aliphatic rings. The number of aliphatic hydroxyl groups excluding tert-OH is 1. The molecule has 0 bridgehead atoms. The Morgan fingerprint density at radius 3 is 3.04 bits per heavy atom. The summed E-state index contributed by atoms with van der Waals surface area (Å²) in [7, 11) is 1.62. The Labute approximate surface area is 140 Å². The first-order valence-electron chi connectivity index (χ1n) is 7.84. The molecular weight excluding hydrogens is 310 g/mol. The van der Waals surface area contributed by atoms with Gasteiger partial charge < -0.3 is 14.4 Å². The second-order valence-corrected chi connectivity index (χ2v) is 5.99. The normalized spacial score (nSPS) is 21.0. The van der Waals surface area contributed by atoms with Gasteiger partial charge in [0.25, 0.3) is 0 Å². The van der Waals surface area contributed by atoms with E-state index in [1.807, 2.05) is 29.2 Å². The molecule has 1 aliphatic heterocycles. The number of ether oxygens (including phenoxy) is 1. The summed E-state index contributed by atoms with van der Waals surface area (Å²) >= 11 is 0. The van der Waals surface area contributed by atoms with Crippen LogP contribution in [0.4, 0.5) is 5.88 Å². The highest BCUT2D eigenvalue weighted by molar-refractivity contribution is 5.91. The number of benzene rings is 1. The molecular formula is C17H21N3O4. The number of carbonyl (C=O) groups is 1. The zero-order valence-electron chi connectivity index (χ0n) is 13.7. The van der Waals surface area contributed by atoms with Gasteiger partial charge in [0.2, 0.25) is 11.8 Å². The van der Waals surface area contributed by atoms with E-state index in [9.17, 15) is 9.90 Å². The van der Waals surface area contributed by atoms with Gasteiger partial charge in [-0.2, -0.15) is 0 Å². The van der Waals surface area contributed by atoms with Crippen molar-refractivity contribution >= 4 is 11.8 Å². The summed E-state index contributed by atoms with van der Waals surface area (Å²) in [5.41, 5.74) is 1.73. The molecule has 0 spiro atoms. The lowest BCUT2D eigenvalue weighted by molar-refractivity contribution is -0.117. The number of amides is 1. The topological polar surface area (TPSA) is 87.8 Å². The molecule has 2 N–H and O–H groups in total. The van der Waals surface area contributed by atoms with E-state index in [2.05, 4.69) is 10.5 Å². The van der Waals surface area contributed by atoms with Gasteiger partial charge in [0, 0.05) is 18.7 Å². The maximum Gasteiger partial charge on any atom is 0.240 e. The lowest BCUT2D eigenvalue weighted by Gasteiger charge is -2.23. The van der Waals surface area contributed by atoms with Gasteiger partial charge in [-0.05, 0) is 31.0 Å². The van der Waals surface area contributed by atoms with Crippen LogP contribution >= 0.6 is 0 Å². The summed E-state index contributed by atoms with van der Waals surface area (Å²) in [4.78, 5) is 14.2. The van der Waals surface area contributed by atoms with Gasteiger partial charge in [0.15, 0.2) is 0 Å². The number of carbonyl (C=O) groups excluding carboxylic acids is 1. The van der Waals surface area contributed by atoms with Gasteiger partial charge in [0.1, 0.15) is 5.75 Å². The van der Waals surface area contributed by atoms with Crippen molar-refractivity contribution in [2.75, 3.05) is 25.5 Å². The average Bonchev–Trinajstić information content (AvgIpc) is 3.12. The average molecular weight is 331 g/mol. The maximum atomic E-state index is 12.2. The number of aliphatic hydroxyl groups is 1. The Morgan fingerprint density at radius 2 is 2.33 bits per heavy atom. The highest BCUT2D eigenvalue weighted by Gasteiger charge is 2.33. The zero-order chi connectivity index (χ0) is 17.1. The summed E-state index contributed by atoms with van der Waals surface area (Å²) in [6.07, 6.45) is 0.128. The number of anilines is 1. The number of methoxy groups -OCH3 is 1. The van der Waals surface area contributed by atoms with Crippen LogP contribution < -0.4 is 10.1 Å². The van der Waals surface area contributed by atoms with Crippen molar-refractivity contribution in [1.29, 1.82) is 0 Å². The number of rotatable bonds is 5. The van der Waals surface area contributed by atoms with Crippen molar-refractivity contribution in [2.24, 2.45) is 0 Å². The maximum absolute atomic E-state index is 12.2. The summed E-state index contributed by atoms with van der Waals surface area (Å²) in [5, 5.41) is 16.5. The van der Waals surface area contributed by atoms with E-state index in [-0.39, 0.29) is 18.5 Å². The number of aromatic nitrogens is 1. The van der Waals surface area contributed by atoms with Gasteiger partial charge in [-0.15, -0.1) is 0 Å². The third kappa shape index (κ3) is 3.74. The van der Waals surface area contributed by atoms with Crippen LogP contribution in [0.15, 0.2) is 34.9 Å². The van der Waals surface area contributed by atoms with E-state index in [0.29, 0.717) is 24.5 Å². The SMILES string of the molecule is COc1cccc([C@H]2C[C@@H](O)CN2CC(=O)Nc2cc(C)no2)c1. The third-order valence-electron chi connectivity index (χ3n) is 4.10. The highest BCUT2D eigenvalue weighted by atomic mass is 16.5. The van der Waals surface area contributed by atoms with Crippen LogP contribution in [0.3, 0.4) is 0 Å². The number of nitrogens with one attached hydrogen (secondary N) is 1. The summed E-state index contributed by atoms with van der Waals surface area (Å²) in [6.45, 7) is 2.40. The number of hydrogen-bond donors (Lipinski definition) is 2. The third-order valence-corrected chi connectivity index (χ3v) is 4.10. The van der Waals surface area contributed by atoms with E-state index >= 15 is 0 Å². The Balaban J connectivity index is 1.69. The molecule has 1 aromatic heterocycles. The van der Waals surface area contributed by atoms with Gasteiger partial charge in [-0.25, -0.2) is 0 Å². The largest absolute Gasteiger partial charge is 0.497 e. The fourth-order valence-corrected chi connectivity index (χ4v) is 3.03. The number of likely N-dealkylation sites (tertiary alicyclic amines) is 1. The minimum absolute atomic E-state index is 0.0303. The smallest absolute Gasteiger partial charge is 0.240 e. The molecule has 7 heteroatoms. The van der Waals surface area contributed by atoms with Crippen molar-refractivity contribution in [3.8, 4) is 5.75 Å². The van der Waals surface area contributed by atoms with Crippen molar-refractivity contribution in [1.82, 2.24) is 10.1 Å². The second kappa shape index (κ2) is 7.02. The Kier molecular flexibility index (Phi) is 4.82. The fourth-order valence-electron chi connectivity index (χ4n) is 3.03. The fraction of sp³-hybridized carbons (Fsp3) is 0.412. The Hall–Kier alpha value is -2.38. The quantitative estimate of drug-likeness (QED) is 0.868. The first-order valence-corrected chi connectivity index (χ1v) is 7.84. The molecule has 0 saturated carbocycles. The number of hydrogen-bond acceptors (Lipinski definition) is 6. The molecule has 0 radical (unpaired) electrons. The van der Waals surface area contributed by atoms with Crippen molar-refractivity contribution in [3.05, 3.63) is 41.6 Å². The first kappa shape index (κ1) is 16.5. The van der Waals surface area contributed by atoms with Crippen LogP contribution in [0.2, 0.25) is 0 Å². The molecule has 7 nitrogen and oxygen atoms in total. The van der Waals surface area contributed by atoms with Crippen LogP contribution in [0.1, 0.15) is 23.7 Å². The molecule has 24 heavy (non-hydrogen) atoms. The molecule has 2 atom stereocenters. The van der Waals surface area contributed by atoms with Crippen LogP contribution in [-0.2, 0) is 4.79 Å². The monoisotopic (exact) mass is 331 g/mol. The number of nitrogens with zero attached hydrogens (tertiary/aromatic N) is 2. The van der Waals surface area contributed by atoms with Crippen LogP contribution in [0.5, 0.6) is 5.75 Å². The molecule has 1 amide bonds. The Morgan fingerprint density at radius 1 is 1.50 bits per heavy atom. The van der Waals surface area contributed by atoms with Gasteiger partial charge in [0.05, 0.1) is 25.5 Å². The van der Waals surface area contributed by atoms with E-state index in [1.165, 1.54) is 0 Å². The molecule has 128 valence electrons. The molecule has 2 heterocycles. The molecule has 1 aromatic carbocycles. The molecule has 3 rings (SSSR count). The lowest BCUT2D eigenvalue weighted by atomic mass is 10.0. The first-order chi connectivity index (χ1) is 11.5. The van der Waals surface area contributed by atoms with E-state index < -0.39 is 6.10 Å². The van der Waals surface area contributed by atoms with Gasteiger partial charge >= 0.3 is 0 Å². The number of β-amino-alcohol motifs (C(OH)–C–C–N with tert-alkyl or cyclic N) is 1. The van der Waals surface area contributed by atoms with Crippen molar-refractivity contribution in [3.63, 3.8) is 0 Å². The number of aryl methyl sites for hydroxylation is 1. The molecule has 1 saturated heterocycles. The predicted molar refractivity (Wildman–Crippen MR) is 87.8 cm³/mol. The highest BCUT2D eigenvalue weighted by Crippen LogP contribution is 2.33. The van der Waals surface area contributed by atoms with E-state index in [4.69, 9.17) is 9.26 Å². The zero-order valence-corrected chi connectivity index (χ0v) is 13.7. The van der Waals surface area contributed by atoms with Crippen LogP contribution in [0, 0.1) is 6.92 Å². The predicted octanol–water partition coefficient (Wildman–Crippen LogP) is 1.74. The molecule has 1 fully saturated rings. The van der Waals surface area contributed by atoms with Crippen LogP contribution in [-0.4, -0.2) is 47.4 Å². The molecule has 0 unspecified atom stereocenters. The van der Waals surface area contributed by atoms with Gasteiger partial charge in [-0.3, -0.25) is 15.0 Å². The summed E-state index contributed by atoms with van der Waals surface area (Å²) < 4.78 is 10.3. The van der Waals surface area contributed by atoms with Gasteiger partial charge in [-0.1, -0.05) is 17.3 Å². The second-order valence-electron chi connectivity index (χ2n) is 5.99. The minimum atomic E-state index is -0.457. The van der Waals surface area contributed by atoms with Crippen LogP contribution in [0.25, 0.3) is 0 Å². The summed E-state index contributed by atoms with van der Waals surface area (Å²) in [6, 6.07) is 9.34. The van der Waals surface area contributed by atoms with Crippen molar-refractivity contribution < 1.29 is 19.2 Å². The molecule has 0 aliphatic carbocycles. The summed E-state index contributed by atoms with van der Waals surface area (Å²) in [5.74, 6) is 0.888. The lowest BCUT2D eigenvalue weighted by Crippen LogP contribution is -2.33. The van der Waals surface area contributed by atoms with E-state index in [0.717, 1.165) is 11.3 Å².